The van der Waals surface area contributed by atoms with Gasteiger partial charge in [-0.15, -0.1) is 0 Å². The minimum Gasteiger partial charge on any atom is -0.497 e. The Kier molecular flexibility index (Phi) is 8.02. The van der Waals surface area contributed by atoms with Crippen LogP contribution in [0, 0.1) is 0 Å². The molecule has 0 atom stereocenters. The molecule has 0 radical (unpaired) electrons. The Hall–Kier alpha value is -3.55. The number of amides is 2. The number of benzene rings is 2. The molecule has 2 aromatic rings. The van der Waals surface area contributed by atoms with Gasteiger partial charge in [-0.25, -0.2) is 5.43 Å². The molecule has 2 rings (SSSR count). The predicted octanol–water partition coefficient (Wildman–Crippen LogP) is 2.97. The molecule has 154 valence electrons. The molecule has 29 heavy (non-hydrogen) atoms. The maximum Gasteiger partial charge on any atom is 0.249 e. The van der Waals surface area contributed by atoms with E-state index in [-0.39, 0.29) is 12.5 Å². The van der Waals surface area contributed by atoms with Crippen molar-refractivity contribution in [3.63, 3.8) is 0 Å². The molecule has 0 saturated heterocycles. The van der Waals surface area contributed by atoms with E-state index < -0.39 is 11.8 Å². The van der Waals surface area contributed by atoms with Crippen LogP contribution in [-0.2, 0) is 9.59 Å². The zero-order valence-electron chi connectivity index (χ0n) is 16.9. The van der Waals surface area contributed by atoms with Crippen molar-refractivity contribution >= 4 is 23.7 Å². The van der Waals surface area contributed by atoms with Gasteiger partial charge in [0.25, 0.3) is 0 Å². The number of rotatable bonds is 9. The SMILES string of the molecule is COc1cccc(NC(=O)CC(=O)NN=Cc2ccc(OC(C)C)c(OC)c2)c1. The standard InChI is InChI=1S/C21H25N3O5/c1-14(2)29-18-9-8-15(10-19(18)28-4)13-22-24-21(26)12-20(25)23-16-6-5-7-17(11-16)27-3/h5-11,13-14H,12H2,1-4H3,(H,23,25)(H,24,26). The van der Waals surface area contributed by atoms with Gasteiger partial charge in [0.1, 0.15) is 12.2 Å². The van der Waals surface area contributed by atoms with E-state index in [1.807, 2.05) is 13.8 Å². The van der Waals surface area contributed by atoms with E-state index in [0.717, 1.165) is 0 Å². The summed E-state index contributed by atoms with van der Waals surface area (Å²) in [6, 6.07) is 12.2. The molecule has 8 heteroatoms. The highest BCUT2D eigenvalue weighted by atomic mass is 16.5. The van der Waals surface area contributed by atoms with Gasteiger partial charge in [-0.05, 0) is 49.7 Å². The molecule has 0 aliphatic heterocycles. The van der Waals surface area contributed by atoms with Crippen LogP contribution in [0.15, 0.2) is 47.6 Å². The maximum absolute atomic E-state index is 12.0. The van der Waals surface area contributed by atoms with Gasteiger partial charge in [-0.1, -0.05) is 6.07 Å². The van der Waals surface area contributed by atoms with Gasteiger partial charge in [0.05, 0.1) is 26.5 Å². The number of hydrogen-bond acceptors (Lipinski definition) is 6. The van der Waals surface area contributed by atoms with Crippen LogP contribution in [0.4, 0.5) is 5.69 Å². The number of carbonyl (C=O) groups is 2. The fourth-order valence-electron chi connectivity index (χ4n) is 2.39. The molecule has 0 fully saturated rings. The summed E-state index contributed by atoms with van der Waals surface area (Å²) >= 11 is 0. The minimum atomic E-state index is -0.534. The molecule has 0 unspecified atom stereocenters. The van der Waals surface area contributed by atoms with Crippen molar-refractivity contribution in [1.29, 1.82) is 0 Å². The Bertz CT molecular complexity index is 880. The quantitative estimate of drug-likeness (QED) is 0.384. The third-order valence-electron chi connectivity index (χ3n) is 3.63. The number of anilines is 1. The van der Waals surface area contributed by atoms with Crippen molar-refractivity contribution in [1.82, 2.24) is 5.43 Å². The minimum absolute atomic E-state index is 0.0193. The van der Waals surface area contributed by atoms with Crippen molar-refractivity contribution < 1.29 is 23.8 Å². The van der Waals surface area contributed by atoms with E-state index in [1.165, 1.54) is 13.3 Å². The lowest BCUT2D eigenvalue weighted by atomic mass is 10.2. The van der Waals surface area contributed by atoms with Crippen molar-refractivity contribution in [2.75, 3.05) is 19.5 Å². The van der Waals surface area contributed by atoms with Crippen LogP contribution in [0.1, 0.15) is 25.8 Å². The predicted molar refractivity (Wildman–Crippen MR) is 111 cm³/mol. The Balaban J connectivity index is 1.87. The summed E-state index contributed by atoms with van der Waals surface area (Å²) in [6.45, 7) is 3.85. The maximum atomic E-state index is 12.0. The van der Waals surface area contributed by atoms with Crippen LogP contribution >= 0.6 is 0 Å². The second-order valence-corrected chi connectivity index (χ2v) is 6.33. The molecular formula is C21H25N3O5. The van der Waals surface area contributed by atoms with Gasteiger partial charge in [-0.3, -0.25) is 9.59 Å². The number of nitrogens with zero attached hydrogens (tertiary/aromatic N) is 1. The zero-order chi connectivity index (χ0) is 21.2. The largest absolute Gasteiger partial charge is 0.497 e. The molecule has 0 aliphatic rings. The van der Waals surface area contributed by atoms with Gasteiger partial charge >= 0.3 is 0 Å². The van der Waals surface area contributed by atoms with Crippen LogP contribution < -0.4 is 25.0 Å². The first kappa shape index (κ1) is 21.7. The Morgan fingerprint density at radius 1 is 1.03 bits per heavy atom. The van der Waals surface area contributed by atoms with Crippen LogP contribution in [0.3, 0.4) is 0 Å². The van der Waals surface area contributed by atoms with Gasteiger partial charge < -0.3 is 19.5 Å². The lowest BCUT2D eigenvalue weighted by Gasteiger charge is -2.13. The van der Waals surface area contributed by atoms with E-state index in [4.69, 9.17) is 14.2 Å². The van der Waals surface area contributed by atoms with Crippen LogP contribution in [0.2, 0.25) is 0 Å². The summed E-state index contributed by atoms with van der Waals surface area (Å²) in [5.41, 5.74) is 3.58. The van der Waals surface area contributed by atoms with E-state index >= 15 is 0 Å². The first-order valence-electron chi connectivity index (χ1n) is 9.01. The molecule has 0 saturated carbocycles. The van der Waals surface area contributed by atoms with Crippen LogP contribution in [0.5, 0.6) is 17.2 Å². The summed E-state index contributed by atoms with van der Waals surface area (Å²) < 4.78 is 16.0. The topological polar surface area (TPSA) is 98.2 Å². The lowest BCUT2D eigenvalue weighted by Crippen LogP contribution is -2.24. The Morgan fingerprint density at radius 3 is 2.52 bits per heavy atom. The summed E-state index contributed by atoms with van der Waals surface area (Å²) in [6.07, 6.45) is 1.12. The lowest BCUT2D eigenvalue weighted by molar-refractivity contribution is -0.126. The second-order valence-electron chi connectivity index (χ2n) is 6.33. The van der Waals surface area contributed by atoms with Crippen molar-refractivity contribution in [2.45, 2.75) is 26.4 Å². The Labute approximate surface area is 169 Å². The van der Waals surface area contributed by atoms with Crippen molar-refractivity contribution in [3.05, 3.63) is 48.0 Å². The number of methoxy groups -OCH3 is 2. The molecule has 0 bridgehead atoms. The third-order valence-corrected chi connectivity index (χ3v) is 3.63. The van der Waals surface area contributed by atoms with Gasteiger partial charge in [0, 0.05) is 11.8 Å². The molecule has 2 N–H and O–H groups in total. The molecule has 0 heterocycles. The number of hydrazone groups is 1. The summed E-state index contributed by atoms with van der Waals surface area (Å²) in [7, 11) is 3.08. The molecule has 0 aliphatic carbocycles. The summed E-state index contributed by atoms with van der Waals surface area (Å²) in [5.74, 6) is 0.804. The normalized spacial score (nSPS) is 10.7. The number of nitrogens with one attached hydrogen (secondary N) is 2. The smallest absolute Gasteiger partial charge is 0.249 e. The molecule has 0 spiro atoms. The zero-order valence-corrected chi connectivity index (χ0v) is 16.9. The van der Waals surface area contributed by atoms with Gasteiger partial charge in [0.15, 0.2) is 11.5 Å². The van der Waals surface area contributed by atoms with E-state index in [1.54, 1.807) is 49.6 Å². The average Bonchev–Trinajstić information content (AvgIpc) is 2.68. The summed E-state index contributed by atoms with van der Waals surface area (Å²) in [4.78, 5) is 23.9. The molecule has 0 aromatic heterocycles. The average molecular weight is 399 g/mol. The Morgan fingerprint density at radius 2 is 1.83 bits per heavy atom. The summed E-state index contributed by atoms with van der Waals surface area (Å²) in [5, 5.41) is 6.50. The van der Waals surface area contributed by atoms with Crippen molar-refractivity contribution in [3.8, 4) is 17.2 Å². The number of ether oxygens (including phenoxy) is 3. The molecule has 2 aromatic carbocycles. The molecule has 8 nitrogen and oxygen atoms in total. The number of carbonyl (C=O) groups excluding carboxylic acids is 2. The third kappa shape index (κ3) is 7.17. The first-order chi connectivity index (χ1) is 13.9. The van der Waals surface area contributed by atoms with Crippen LogP contribution in [0.25, 0.3) is 0 Å². The highest BCUT2D eigenvalue weighted by Gasteiger charge is 2.10. The monoisotopic (exact) mass is 399 g/mol. The van der Waals surface area contributed by atoms with E-state index in [0.29, 0.717) is 28.5 Å². The van der Waals surface area contributed by atoms with E-state index in [2.05, 4.69) is 15.8 Å². The highest BCUT2D eigenvalue weighted by molar-refractivity contribution is 6.03. The van der Waals surface area contributed by atoms with Crippen LogP contribution in [-0.4, -0.2) is 38.4 Å². The van der Waals surface area contributed by atoms with Gasteiger partial charge in [-0.2, -0.15) is 5.10 Å². The molecular weight excluding hydrogens is 374 g/mol. The fraction of sp³-hybridized carbons (Fsp3) is 0.286. The first-order valence-corrected chi connectivity index (χ1v) is 9.01. The number of hydrogen-bond donors (Lipinski definition) is 2. The fourth-order valence-corrected chi connectivity index (χ4v) is 2.39. The van der Waals surface area contributed by atoms with Crippen molar-refractivity contribution in [2.24, 2.45) is 5.10 Å². The second kappa shape index (κ2) is 10.7. The van der Waals surface area contributed by atoms with E-state index in [9.17, 15) is 9.59 Å². The van der Waals surface area contributed by atoms with Gasteiger partial charge in [0.2, 0.25) is 11.8 Å². The highest BCUT2D eigenvalue weighted by Crippen LogP contribution is 2.28. The molecule has 2 amide bonds.